The van der Waals surface area contributed by atoms with Crippen LogP contribution in [-0.4, -0.2) is 23.5 Å². The fraction of sp³-hybridized carbons (Fsp3) is 0.636. The second kappa shape index (κ2) is 6.60. The average molecular weight is 241 g/mol. The summed E-state index contributed by atoms with van der Waals surface area (Å²) in [5.41, 5.74) is 0. The lowest BCUT2D eigenvalue weighted by Crippen LogP contribution is -2.38. The highest BCUT2D eigenvalue weighted by Crippen LogP contribution is 2.10. The van der Waals surface area contributed by atoms with Gasteiger partial charge in [-0.05, 0) is 20.3 Å². The molecule has 4 nitrogen and oxygen atoms in total. The van der Waals surface area contributed by atoms with Gasteiger partial charge in [0.1, 0.15) is 0 Å². The number of nitrogens with zero attached hydrogens (tertiary/aromatic N) is 1. The minimum Gasteiger partial charge on any atom is -0.353 e. The number of rotatable bonds is 6. The number of carbonyl (C=O) groups excluding carboxylic acids is 1. The van der Waals surface area contributed by atoms with Gasteiger partial charge in [-0.15, -0.1) is 11.3 Å². The highest BCUT2D eigenvalue weighted by atomic mass is 32.1. The fourth-order valence-corrected chi connectivity index (χ4v) is 1.98. The highest BCUT2D eigenvalue weighted by Gasteiger charge is 2.05. The molecule has 1 amide bonds. The predicted molar refractivity (Wildman–Crippen MR) is 66.5 cm³/mol. The number of carbonyl (C=O) groups is 1. The van der Waals surface area contributed by atoms with Gasteiger partial charge in [-0.3, -0.25) is 4.79 Å². The number of amides is 1. The van der Waals surface area contributed by atoms with E-state index in [0.29, 0.717) is 13.1 Å². The van der Waals surface area contributed by atoms with Gasteiger partial charge in [-0.25, -0.2) is 4.98 Å². The SMILES string of the molecule is CCC(C)NC(=O)CNCc1cnc(C)s1. The molecule has 0 aliphatic carbocycles. The van der Waals surface area contributed by atoms with Gasteiger partial charge in [0.15, 0.2) is 0 Å². The molecule has 0 fully saturated rings. The van der Waals surface area contributed by atoms with Crippen LogP contribution in [0.4, 0.5) is 0 Å². The summed E-state index contributed by atoms with van der Waals surface area (Å²) >= 11 is 1.65. The maximum Gasteiger partial charge on any atom is 0.234 e. The molecule has 0 saturated heterocycles. The maximum atomic E-state index is 11.4. The number of aromatic nitrogens is 1. The van der Waals surface area contributed by atoms with E-state index < -0.39 is 0 Å². The minimum absolute atomic E-state index is 0.0515. The van der Waals surface area contributed by atoms with Crippen molar-refractivity contribution in [1.29, 1.82) is 0 Å². The third kappa shape index (κ3) is 4.72. The van der Waals surface area contributed by atoms with E-state index in [-0.39, 0.29) is 11.9 Å². The lowest BCUT2D eigenvalue weighted by molar-refractivity contribution is -0.120. The quantitative estimate of drug-likeness (QED) is 0.792. The van der Waals surface area contributed by atoms with Crippen LogP contribution in [-0.2, 0) is 11.3 Å². The molecular formula is C11H19N3OS. The largest absolute Gasteiger partial charge is 0.353 e. The van der Waals surface area contributed by atoms with Crippen LogP contribution in [0.3, 0.4) is 0 Å². The summed E-state index contributed by atoms with van der Waals surface area (Å²) in [5.74, 6) is 0.0515. The van der Waals surface area contributed by atoms with Crippen LogP contribution >= 0.6 is 11.3 Å². The molecule has 2 N–H and O–H groups in total. The topological polar surface area (TPSA) is 54.0 Å². The maximum absolute atomic E-state index is 11.4. The van der Waals surface area contributed by atoms with Crippen molar-refractivity contribution in [3.8, 4) is 0 Å². The van der Waals surface area contributed by atoms with Crippen molar-refractivity contribution in [2.45, 2.75) is 39.8 Å². The van der Waals surface area contributed by atoms with Crippen molar-refractivity contribution in [3.05, 3.63) is 16.1 Å². The van der Waals surface area contributed by atoms with Gasteiger partial charge in [0, 0.05) is 23.7 Å². The van der Waals surface area contributed by atoms with Crippen LogP contribution in [0.1, 0.15) is 30.2 Å². The van der Waals surface area contributed by atoms with Crippen molar-refractivity contribution < 1.29 is 4.79 Å². The molecule has 0 aliphatic rings. The third-order valence-electron chi connectivity index (χ3n) is 2.27. The van der Waals surface area contributed by atoms with Crippen molar-refractivity contribution in [2.75, 3.05) is 6.54 Å². The van der Waals surface area contributed by atoms with Crippen LogP contribution in [0, 0.1) is 6.92 Å². The van der Waals surface area contributed by atoms with E-state index >= 15 is 0 Å². The molecule has 0 spiro atoms. The molecule has 16 heavy (non-hydrogen) atoms. The van der Waals surface area contributed by atoms with Gasteiger partial charge >= 0.3 is 0 Å². The Bertz CT molecular complexity index is 338. The molecule has 1 unspecified atom stereocenters. The zero-order valence-corrected chi connectivity index (χ0v) is 10.9. The van der Waals surface area contributed by atoms with E-state index in [0.717, 1.165) is 16.3 Å². The van der Waals surface area contributed by atoms with Gasteiger partial charge in [-0.1, -0.05) is 6.92 Å². The van der Waals surface area contributed by atoms with Gasteiger partial charge in [0.2, 0.25) is 5.91 Å². The molecule has 1 aromatic rings. The van der Waals surface area contributed by atoms with Gasteiger partial charge in [0.25, 0.3) is 0 Å². The zero-order chi connectivity index (χ0) is 12.0. The normalized spacial score (nSPS) is 12.4. The second-order valence-electron chi connectivity index (χ2n) is 3.83. The van der Waals surface area contributed by atoms with Crippen molar-refractivity contribution in [1.82, 2.24) is 15.6 Å². The molecule has 1 atom stereocenters. The van der Waals surface area contributed by atoms with Crippen LogP contribution in [0.5, 0.6) is 0 Å². The monoisotopic (exact) mass is 241 g/mol. The number of nitrogens with one attached hydrogen (secondary N) is 2. The summed E-state index contributed by atoms with van der Waals surface area (Å²) in [7, 11) is 0. The van der Waals surface area contributed by atoms with E-state index in [9.17, 15) is 4.79 Å². The fourth-order valence-electron chi connectivity index (χ4n) is 1.21. The molecule has 0 radical (unpaired) electrons. The van der Waals surface area contributed by atoms with E-state index in [1.54, 1.807) is 11.3 Å². The molecule has 1 heterocycles. The molecular weight excluding hydrogens is 222 g/mol. The van der Waals surface area contributed by atoms with Crippen LogP contribution in [0.15, 0.2) is 6.20 Å². The Morgan fingerprint density at radius 1 is 1.62 bits per heavy atom. The second-order valence-corrected chi connectivity index (χ2v) is 5.15. The number of aryl methyl sites for hydroxylation is 1. The molecule has 1 rings (SSSR count). The first-order chi connectivity index (χ1) is 7.61. The van der Waals surface area contributed by atoms with Gasteiger partial charge < -0.3 is 10.6 Å². The molecule has 0 saturated carbocycles. The van der Waals surface area contributed by atoms with E-state index in [1.165, 1.54) is 0 Å². The Labute approximate surface area is 100 Å². The lowest BCUT2D eigenvalue weighted by atomic mass is 10.2. The number of hydrogen-bond donors (Lipinski definition) is 2. The van der Waals surface area contributed by atoms with E-state index in [4.69, 9.17) is 0 Å². The van der Waals surface area contributed by atoms with E-state index in [1.807, 2.05) is 20.0 Å². The van der Waals surface area contributed by atoms with Gasteiger partial charge in [0.05, 0.1) is 11.6 Å². The first-order valence-electron chi connectivity index (χ1n) is 5.53. The average Bonchev–Trinajstić information content (AvgIpc) is 2.64. The summed E-state index contributed by atoms with van der Waals surface area (Å²) in [4.78, 5) is 16.7. The Kier molecular flexibility index (Phi) is 5.42. The summed E-state index contributed by atoms with van der Waals surface area (Å²) in [6, 6.07) is 0.250. The van der Waals surface area contributed by atoms with Crippen LogP contribution in [0.25, 0.3) is 0 Å². The highest BCUT2D eigenvalue weighted by molar-refractivity contribution is 7.11. The summed E-state index contributed by atoms with van der Waals surface area (Å²) < 4.78 is 0. The number of hydrogen-bond acceptors (Lipinski definition) is 4. The molecule has 5 heteroatoms. The third-order valence-corrected chi connectivity index (χ3v) is 3.19. The van der Waals surface area contributed by atoms with Crippen molar-refractivity contribution in [3.63, 3.8) is 0 Å². The molecule has 0 bridgehead atoms. The van der Waals surface area contributed by atoms with Gasteiger partial charge in [-0.2, -0.15) is 0 Å². The Morgan fingerprint density at radius 3 is 2.94 bits per heavy atom. The summed E-state index contributed by atoms with van der Waals surface area (Å²) in [6.07, 6.45) is 2.80. The first-order valence-corrected chi connectivity index (χ1v) is 6.34. The Balaban J connectivity index is 2.18. The lowest BCUT2D eigenvalue weighted by Gasteiger charge is -2.11. The predicted octanol–water partition coefficient (Wildman–Crippen LogP) is 1.46. The standard InChI is InChI=1S/C11H19N3OS/c1-4-8(2)14-11(15)7-12-5-10-6-13-9(3)16-10/h6,8,12H,4-5,7H2,1-3H3,(H,14,15). The minimum atomic E-state index is 0.0515. The van der Waals surface area contributed by atoms with Crippen LogP contribution in [0.2, 0.25) is 0 Å². The van der Waals surface area contributed by atoms with Crippen molar-refractivity contribution in [2.24, 2.45) is 0 Å². The Morgan fingerprint density at radius 2 is 2.38 bits per heavy atom. The smallest absolute Gasteiger partial charge is 0.234 e. The Hall–Kier alpha value is -0.940. The number of thiazole rings is 1. The van der Waals surface area contributed by atoms with Crippen molar-refractivity contribution >= 4 is 17.2 Å². The molecule has 1 aromatic heterocycles. The molecule has 0 aromatic carbocycles. The van der Waals surface area contributed by atoms with E-state index in [2.05, 4.69) is 22.5 Å². The molecule has 90 valence electrons. The molecule has 0 aliphatic heterocycles. The van der Waals surface area contributed by atoms with Crippen LogP contribution < -0.4 is 10.6 Å². The zero-order valence-electron chi connectivity index (χ0n) is 10.0. The summed E-state index contributed by atoms with van der Waals surface area (Å²) in [6.45, 7) is 7.10. The first kappa shape index (κ1) is 13.1. The summed E-state index contributed by atoms with van der Waals surface area (Å²) in [5, 5.41) is 7.07.